The molecule has 2 aromatic rings. The molecule has 2 fully saturated rings. The molecule has 3 nitrogen and oxygen atoms in total. The molecule has 3 atom stereocenters. The number of benzene rings is 2. The number of piperidine rings is 1. The minimum absolute atomic E-state index is 0.336. The number of ether oxygens (including phenoxy) is 2. The molecular formula is C21H25NO2. The van der Waals surface area contributed by atoms with Gasteiger partial charge in [0.05, 0.1) is 6.61 Å². The Morgan fingerprint density at radius 3 is 2.42 bits per heavy atom. The van der Waals surface area contributed by atoms with Gasteiger partial charge in [0.1, 0.15) is 17.6 Å². The zero-order valence-electron chi connectivity index (χ0n) is 14.0. The minimum atomic E-state index is 0.336. The molecule has 0 spiro atoms. The smallest absolute Gasteiger partial charge is 0.123 e. The fourth-order valence-electron chi connectivity index (χ4n) is 3.86. The van der Waals surface area contributed by atoms with Gasteiger partial charge in [-0.1, -0.05) is 36.4 Å². The zero-order valence-corrected chi connectivity index (χ0v) is 14.0. The van der Waals surface area contributed by atoms with Crippen LogP contribution in [0.2, 0.25) is 0 Å². The van der Waals surface area contributed by atoms with E-state index < -0.39 is 0 Å². The SMILES string of the molecule is c1ccc(CCOc2cccc(OC3C[C@H]4CC[C@@H](C3)N4)c2)cc1. The van der Waals surface area contributed by atoms with Crippen LogP contribution < -0.4 is 14.8 Å². The molecule has 4 rings (SSSR count). The van der Waals surface area contributed by atoms with Gasteiger partial charge in [0.25, 0.3) is 0 Å². The van der Waals surface area contributed by atoms with Crippen molar-refractivity contribution in [1.82, 2.24) is 5.32 Å². The van der Waals surface area contributed by atoms with Gasteiger partial charge in [-0.05, 0) is 43.4 Å². The van der Waals surface area contributed by atoms with E-state index in [0.717, 1.165) is 30.8 Å². The number of hydrogen-bond acceptors (Lipinski definition) is 3. The topological polar surface area (TPSA) is 30.5 Å². The Bertz CT molecular complexity index is 646. The van der Waals surface area contributed by atoms with Crippen molar-refractivity contribution in [3.8, 4) is 11.5 Å². The predicted molar refractivity (Wildman–Crippen MR) is 95.7 cm³/mol. The Morgan fingerprint density at radius 1 is 0.875 bits per heavy atom. The molecule has 2 aliphatic rings. The largest absolute Gasteiger partial charge is 0.493 e. The maximum atomic E-state index is 6.22. The van der Waals surface area contributed by atoms with Gasteiger partial charge >= 0.3 is 0 Å². The van der Waals surface area contributed by atoms with Gasteiger partial charge in [-0.2, -0.15) is 0 Å². The number of fused-ring (bicyclic) bond motifs is 2. The molecule has 126 valence electrons. The van der Waals surface area contributed by atoms with Crippen molar-refractivity contribution < 1.29 is 9.47 Å². The molecule has 2 saturated heterocycles. The summed E-state index contributed by atoms with van der Waals surface area (Å²) in [6.45, 7) is 0.685. The monoisotopic (exact) mass is 323 g/mol. The Labute approximate surface area is 144 Å². The second-order valence-corrected chi connectivity index (χ2v) is 6.91. The molecule has 0 aliphatic carbocycles. The lowest BCUT2D eigenvalue weighted by Gasteiger charge is -2.29. The summed E-state index contributed by atoms with van der Waals surface area (Å²) < 4.78 is 12.1. The highest BCUT2D eigenvalue weighted by Gasteiger charge is 2.34. The molecule has 1 unspecified atom stereocenters. The van der Waals surface area contributed by atoms with Crippen LogP contribution in [0.25, 0.3) is 0 Å². The fraction of sp³-hybridized carbons (Fsp3) is 0.429. The van der Waals surface area contributed by atoms with Crippen LogP contribution in [0.4, 0.5) is 0 Å². The normalized spacial score (nSPS) is 25.4. The van der Waals surface area contributed by atoms with E-state index in [4.69, 9.17) is 9.47 Å². The average molecular weight is 323 g/mol. The van der Waals surface area contributed by atoms with E-state index in [2.05, 4.69) is 29.6 Å². The van der Waals surface area contributed by atoms with Crippen LogP contribution in [0.3, 0.4) is 0 Å². The lowest BCUT2D eigenvalue weighted by atomic mass is 10.0. The maximum absolute atomic E-state index is 6.22. The fourth-order valence-corrected chi connectivity index (χ4v) is 3.86. The maximum Gasteiger partial charge on any atom is 0.123 e. The highest BCUT2D eigenvalue weighted by atomic mass is 16.5. The van der Waals surface area contributed by atoms with E-state index in [1.807, 2.05) is 30.3 Å². The molecule has 2 aromatic carbocycles. The highest BCUT2D eigenvalue weighted by Crippen LogP contribution is 2.30. The van der Waals surface area contributed by atoms with E-state index in [1.54, 1.807) is 0 Å². The van der Waals surface area contributed by atoms with Crippen LogP contribution in [0.15, 0.2) is 54.6 Å². The summed E-state index contributed by atoms with van der Waals surface area (Å²) in [5.74, 6) is 1.82. The van der Waals surface area contributed by atoms with E-state index >= 15 is 0 Å². The second kappa shape index (κ2) is 7.27. The second-order valence-electron chi connectivity index (χ2n) is 6.91. The zero-order chi connectivity index (χ0) is 16.2. The lowest BCUT2D eigenvalue weighted by Crippen LogP contribution is -2.42. The van der Waals surface area contributed by atoms with E-state index in [1.165, 1.54) is 18.4 Å². The molecule has 2 aliphatic heterocycles. The summed E-state index contributed by atoms with van der Waals surface area (Å²) in [7, 11) is 0. The van der Waals surface area contributed by atoms with Gasteiger partial charge in [-0.3, -0.25) is 0 Å². The van der Waals surface area contributed by atoms with Crippen molar-refractivity contribution in [2.45, 2.75) is 50.3 Å². The van der Waals surface area contributed by atoms with Gasteiger partial charge in [-0.15, -0.1) is 0 Å². The molecule has 0 amide bonds. The third-order valence-electron chi connectivity index (χ3n) is 5.04. The molecule has 0 saturated carbocycles. The summed E-state index contributed by atoms with van der Waals surface area (Å²) in [4.78, 5) is 0. The number of nitrogens with one attached hydrogen (secondary N) is 1. The summed E-state index contributed by atoms with van der Waals surface area (Å²) >= 11 is 0. The summed E-state index contributed by atoms with van der Waals surface area (Å²) in [6.07, 6.45) is 6.10. The standard InChI is InChI=1S/C21H25NO2/c1-2-5-16(6-3-1)11-12-23-19-7-4-8-20(15-19)24-21-13-17-9-10-18(14-21)22-17/h1-8,15,17-18,21-22H,9-14H2/t17-,18+,21?. The van der Waals surface area contributed by atoms with E-state index in [0.29, 0.717) is 24.8 Å². The molecular weight excluding hydrogens is 298 g/mol. The first-order valence-electron chi connectivity index (χ1n) is 9.05. The van der Waals surface area contributed by atoms with Crippen molar-refractivity contribution in [1.29, 1.82) is 0 Å². The van der Waals surface area contributed by atoms with Crippen LogP contribution in [0.1, 0.15) is 31.2 Å². The number of rotatable bonds is 6. The van der Waals surface area contributed by atoms with Gasteiger partial charge in [-0.25, -0.2) is 0 Å². The number of hydrogen-bond donors (Lipinski definition) is 1. The summed E-state index contributed by atoms with van der Waals surface area (Å²) in [6, 6.07) is 19.8. The van der Waals surface area contributed by atoms with Crippen molar-refractivity contribution in [3.05, 3.63) is 60.2 Å². The van der Waals surface area contributed by atoms with Crippen LogP contribution in [-0.2, 0) is 6.42 Å². The van der Waals surface area contributed by atoms with Crippen LogP contribution in [-0.4, -0.2) is 24.8 Å². The molecule has 1 N–H and O–H groups in total. The first-order valence-corrected chi connectivity index (χ1v) is 9.05. The highest BCUT2D eigenvalue weighted by molar-refractivity contribution is 5.33. The molecule has 2 heterocycles. The third-order valence-corrected chi connectivity index (χ3v) is 5.04. The Hall–Kier alpha value is -2.00. The Kier molecular flexibility index (Phi) is 4.70. The van der Waals surface area contributed by atoms with Crippen molar-refractivity contribution in [3.63, 3.8) is 0 Å². The predicted octanol–water partition coefficient (Wildman–Crippen LogP) is 3.97. The summed E-state index contributed by atoms with van der Waals surface area (Å²) in [5, 5.41) is 3.66. The molecule has 3 heteroatoms. The summed E-state index contributed by atoms with van der Waals surface area (Å²) in [5.41, 5.74) is 1.30. The van der Waals surface area contributed by atoms with Crippen LogP contribution >= 0.6 is 0 Å². The van der Waals surface area contributed by atoms with Gasteiger partial charge < -0.3 is 14.8 Å². The van der Waals surface area contributed by atoms with Gasteiger partial charge in [0, 0.05) is 24.6 Å². The van der Waals surface area contributed by atoms with E-state index in [-0.39, 0.29) is 0 Å². The Balaban J connectivity index is 1.30. The van der Waals surface area contributed by atoms with Crippen molar-refractivity contribution in [2.24, 2.45) is 0 Å². The first-order chi connectivity index (χ1) is 11.8. The van der Waals surface area contributed by atoms with Gasteiger partial charge in [0.2, 0.25) is 0 Å². The minimum Gasteiger partial charge on any atom is -0.493 e. The lowest BCUT2D eigenvalue weighted by molar-refractivity contribution is 0.137. The van der Waals surface area contributed by atoms with E-state index in [9.17, 15) is 0 Å². The first kappa shape index (κ1) is 15.5. The van der Waals surface area contributed by atoms with Crippen LogP contribution in [0, 0.1) is 0 Å². The van der Waals surface area contributed by atoms with Crippen molar-refractivity contribution >= 4 is 0 Å². The van der Waals surface area contributed by atoms with Gasteiger partial charge in [0.15, 0.2) is 0 Å². The Morgan fingerprint density at radius 2 is 1.62 bits per heavy atom. The third kappa shape index (κ3) is 3.90. The van der Waals surface area contributed by atoms with Crippen LogP contribution in [0.5, 0.6) is 11.5 Å². The molecule has 0 aromatic heterocycles. The molecule has 24 heavy (non-hydrogen) atoms. The van der Waals surface area contributed by atoms with Crippen molar-refractivity contribution in [2.75, 3.05) is 6.61 Å². The average Bonchev–Trinajstić information content (AvgIpc) is 2.95. The molecule has 0 radical (unpaired) electrons. The quantitative estimate of drug-likeness (QED) is 0.872. The molecule has 2 bridgehead atoms.